The van der Waals surface area contributed by atoms with Gasteiger partial charge in [0.25, 0.3) is 0 Å². The highest BCUT2D eigenvalue weighted by molar-refractivity contribution is 7.46. The van der Waals surface area contributed by atoms with Crippen LogP contribution < -0.4 is 16.5 Å². The van der Waals surface area contributed by atoms with E-state index in [1.807, 2.05) is 0 Å². The number of nitrogens with two attached hydrogens (primary N) is 1. The molecule has 2 heterocycles. The van der Waals surface area contributed by atoms with Gasteiger partial charge in [-0.3, -0.25) is 9.32 Å². The fraction of sp³-hybridized carbons (Fsp3) is 0.538. The van der Waals surface area contributed by atoms with Crippen LogP contribution in [0, 0.1) is 0 Å². The van der Waals surface area contributed by atoms with Gasteiger partial charge >= 0.3 is 7.82 Å². The molecule has 0 spiro atoms. The SMILES string of the molecule is Cn1nc(N)c(=O)c2c(NCC(O)(CO)[C@H](O)CCOP(=O)(O)O)ncnc21. The molecule has 0 saturated heterocycles. The van der Waals surface area contributed by atoms with Gasteiger partial charge in [0.1, 0.15) is 23.1 Å². The summed E-state index contributed by atoms with van der Waals surface area (Å²) >= 11 is 0. The first-order chi connectivity index (χ1) is 13.0. The summed E-state index contributed by atoms with van der Waals surface area (Å²) in [6.07, 6.45) is -0.851. The van der Waals surface area contributed by atoms with Crippen LogP contribution in [0.5, 0.6) is 0 Å². The Labute approximate surface area is 157 Å². The van der Waals surface area contributed by atoms with Gasteiger partial charge in [0.05, 0.1) is 19.3 Å². The molecule has 8 N–H and O–H groups in total. The number of hydrogen-bond acceptors (Lipinski definition) is 11. The van der Waals surface area contributed by atoms with Gasteiger partial charge in [-0.25, -0.2) is 19.2 Å². The minimum absolute atomic E-state index is 0.00267. The molecule has 2 aromatic heterocycles. The van der Waals surface area contributed by atoms with Gasteiger partial charge in [0.15, 0.2) is 11.5 Å². The average molecular weight is 420 g/mol. The monoisotopic (exact) mass is 420 g/mol. The van der Waals surface area contributed by atoms with Gasteiger partial charge in [-0.15, -0.1) is 5.10 Å². The minimum atomic E-state index is -4.73. The molecular formula is C13H21N6O8P. The van der Waals surface area contributed by atoms with Crippen molar-refractivity contribution in [2.45, 2.75) is 18.1 Å². The smallest absolute Gasteiger partial charge is 0.393 e. The number of nitrogen functional groups attached to an aromatic ring is 1. The van der Waals surface area contributed by atoms with Crippen LogP contribution >= 0.6 is 7.82 Å². The second kappa shape index (κ2) is 8.45. The maximum Gasteiger partial charge on any atom is 0.469 e. The topological polar surface area (TPSA) is 226 Å². The Hall–Kier alpha value is -2.19. The third kappa shape index (κ3) is 4.99. The number of anilines is 2. The Morgan fingerprint density at radius 3 is 2.71 bits per heavy atom. The molecule has 0 aliphatic carbocycles. The molecule has 28 heavy (non-hydrogen) atoms. The fourth-order valence-electron chi connectivity index (χ4n) is 2.42. The second-order valence-corrected chi connectivity index (χ2v) is 7.24. The van der Waals surface area contributed by atoms with Crippen molar-refractivity contribution in [2.75, 3.05) is 30.8 Å². The predicted molar refractivity (Wildman–Crippen MR) is 96.1 cm³/mol. The van der Waals surface area contributed by atoms with Crippen LogP contribution in [0.2, 0.25) is 0 Å². The lowest BCUT2D eigenvalue weighted by Crippen LogP contribution is -2.51. The van der Waals surface area contributed by atoms with Gasteiger partial charge in [0.2, 0.25) is 5.43 Å². The maximum absolute atomic E-state index is 12.3. The summed E-state index contributed by atoms with van der Waals surface area (Å²) in [4.78, 5) is 37.4. The summed E-state index contributed by atoms with van der Waals surface area (Å²) in [5.41, 5.74) is 2.97. The molecule has 0 bridgehead atoms. The second-order valence-electron chi connectivity index (χ2n) is 6.00. The first-order valence-electron chi connectivity index (χ1n) is 7.91. The molecule has 0 amide bonds. The summed E-state index contributed by atoms with van der Waals surface area (Å²) < 4.78 is 16.1. The summed E-state index contributed by atoms with van der Waals surface area (Å²) in [7, 11) is -3.21. The van der Waals surface area contributed by atoms with Gasteiger partial charge in [-0.05, 0) is 0 Å². The highest BCUT2D eigenvalue weighted by Crippen LogP contribution is 2.36. The number of rotatable bonds is 9. The normalized spacial score (nSPS) is 15.4. The van der Waals surface area contributed by atoms with E-state index in [2.05, 4.69) is 24.9 Å². The van der Waals surface area contributed by atoms with Gasteiger partial charge < -0.3 is 36.2 Å². The van der Waals surface area contributed by atoms with E-state index < -0.39 is 44.7 Å². The zero-order chi connectivity index (χ0) is 21.1. The summed E-state index contributed by atoms with van der Waals surface area (Å²) in [6.45, 7) is -1.92. The molecule has 15 heteroatoms. The number of fused-ring (bicyclic) bond motifs is 1. The number of aryl methyl sites for hydroxylation is 1. The van der Waals surface area contributed by atoms with Crippen molar-refractivity contribution < 1.29 is 34.2 Å². The van der Waals surface area contributed by atoms with Crippen LogP contribution in [0.1, 0.15) is 6.42 Å². The van der Waals surface area contributed by atoms with Crippen LogP contribution in [0.15, 0.2) is 11.1 Å². The Kier molecular flexibility index (Phi) is 6.67. The van der Waals surface area contributed by atoms with E-state index in [1.165, 1.54) is 11.7 Å². The van der Waals surface area contributed by atoms with E-state index in [1.54, 1.807) is 0 Å². The standard InChI is InChI=1S/C13H21N6O8P/c1-19-12-8(9(22)10(14)18-19)11(16-6-17-12)15-4-13(23,5-20)7(21)2-3-27-28(24,25)26/h6-7,20-21,23H,2-5H2,1H3,(H2,14,18)(H,15,16,17)(H2,24,25,26)/t7-,13?/m1/s1. The first kappa shape index (κ1) is 22.1. The van der Waals surface area contributed by atoms with Crippen molar-refractivity contribution in [1.82, 2.24) is 19.7 Å². The van der Waals surface area contributed by atoms with E-state index in [4.69, 9.17) is 15.5 Å². The lowest BCUT2D eigenvalue weighted by atomic mass is 9.95. The van der Waals surface area contributed by atoms with Gasteiger partial charge in [-0.1, -0.05) is 0 Å². The molecular weight excluding hydrogens is 399 g/mol. The van der Waals surface area contributed by atoms with Crippen LogP contribution in [-0.2, 0) is 16.1 Å². The van der Waals surface area contributed by atoms with E-state index in [-0.39, 0.29) is 29.1 Å². The van der Waals surface area contributed by atoms with Crippen molar-refractivity contribution >= 4 is 30.5 Å². The number of phosphoric acid groups is 1. The number of nitrogens with zero attached hydrogens (tertiary/aromatic N) is 4. The van der Waals surface area contributed by atoms with Crippen molar-refractivity contribution in [3.63, 3.8) is 0 Å². The van der Waals surface area contributed by atoms with E-state index in [9.17, 15) is 24.7 Å². The molecule has 2 atom stereocenters. The molecule has 1 unspecified atom stereocenters. The highest BCUT2D eigenvalue weighted by atomic mass is 31.2. The number of aliphatic hydroxyl groups is 3. The Morgan fingerprint density at radius 1 is 1.43 bits per heavy atom. The largest absolute Gasteiger partial charge is 0.469 e. The number of aliphatic hydroxyl groups excluding tert-OH is 2. The van der Waals surface area contributed by atoms with Crippen molar-refractivity contribution in [2.24, 2.45) is 7.05 Å². The minimum Gasteiger partial charge on any atom is -0.393 e. The van der Waals surface area contributed by atoms with Crippen LogP contribution in [-0.4, -0.2) is 76.3 Å². The number of hydrogen-bond donors (Lipinski definition) is 7. The van der Waals surface area contributed by atoms with Crippen molar-refractivity contribution in [3.8, 4) is 0 Å². The lowest BCUT2D eigenvalue weighted by molar-refractivity contribution is -0.101. The van der Waals surface area contributed by atoms with Gasteiger partial charge in [-0.2, -0.15) is 0 Å². The quantitative estimate of drug-likeness (QED) is 0.205. The lowest BCUT2D eigenvalue weighted by Gasteiger charge is -2.31. The van der Waals surface area contributed by atoms with Gasteiger partial charge in [0, 0.05) is 20.0 Å². The Morgan fingerprint density at radius 2 is 2.11 bits per heavy atom. The van der Waals surface area contributed by atoms with E-state index >= 15 is 0 Å². The van der Waals surface area contributed by atoms with E-state index in [0.29, 0.717) is 0 Å². The fourth-order valence-corrected chi connectivity index (χ4v) is 2.76. The Bertz CT molecular complexity index is 949. The summed E-state index contributed by atoms with van der Waals surface area (Å²) in [5.74, 6) is -0.301. The summed E-state index contributed by atoms with van der Waals surface area (Å²) in [6, 6.07) is 0. The molecule has 0 radical (unpaired) electrons. The number of phosphoric ester groups is 1. The summed E-state index contributed by atoms with van der Waals surface area (Å²) in [5, 5.41) is 36.5. The third-order valence-corrected chi connectivity index (χ3v) is 4.48. The molecule has 14 nitrogen and oxygen atoms in total. The molecule has 2 rings (SSSR count). The van der Waals surface area contributed by atoms with Crippen LogP contribution in [0.4, 0.5) is 11.6 Å². The molecule has 0 aliphatic rings. The van der Waals surface area contributed by atoms with Crippen molar-refractivity contribution in [3.05, 3.63) is 16.6 Å². The molecule has 0 fully saturated rings. The predicted octanol–water partition coefficient (Wildman–Crippen LogP) is -2.70. The number of aromatic nitrogens is 4. The van der Waals surface area contributed by atoms with E-state index in [0.717, 1.165) is 6.33 Å². The molecule has 156 valence electrons. The zero-order valence-corrected chi connectivity index (χ0v) is 15.7. The van der Waals surface area contributed by atoms with Crippen LogP contribution in [0.3, 0.4) is 0 Å². The molecule has 0 aromatic carbocycles. The van der Waals surface area contributed by atoms with Crippen LogP contribution in [0.25, 0.3) is 11.0 Å². The molecule has 0 saturated carbocycles. The molecule has 0 aliphatic heterocycles. The Balaban J connectivity index is 2.21. The maximum atomic E-state index is 12.3. The average Bonchev–Trinajstić information content (AvgIpc) is 2.62. The van der Waals surface area contributed by atoms with Crippen molar-refractivity contribution in [1.29, 1.82) is 0 Å². The number of nitrogens with one attached hydrogen (secondary N) is 1. The third-order valence-electron chi connectivity index (χ3n) is 3.96. The first-order valence-corrected chi connectivity index (χ1v) is 9.44. The molecule has 2 aromatic rings. The highest BCUT2D eigenvalue weighted by Gasteiger charge is 2.35. The zero-order valence-electron chi connectivity index (χ0n) is 14.8.